The van der Waals surface area contributed by atoms with Gasteiger partial charge in [0.15, 0.2) is 0 Å². The molecule has 1 nitrogen and oxygen atoms in total. The van der Waals surface area contributed by atoms with Crippen molar-refractivity contribution in [2.24, 2.45) is 17.1 Å². The first-order valence-electron chi connectivity index (χ1n) is 6.39. The Balaban J connectivity index is 2.69. The molecule has 0 heterocycles. The minimum absolute atomic E-state index is 0.438. The summed E-state index contributed by atoms with van der Waals surface area (Å²) in [7, 11) is 0. The van der Waals surface area contributed by atoms with Crippen molar-refractivity contribution >= 4 is 0 Å². The van der Waals surface area contributed by atoms with Crippen LogP contribution in [0.2, 0.25) is 0 Å². The van der Waals surface area contributed by atoms with E-state index in [0.717, 1.165) is 5.92 Å². The highest BCUT2D eigenvalue weighted by atomic mass is 14.7. The third-order valence-electron chi connectivity index (χ3n) is 4.27. The Bertz CT molecular complexity index is 157. The summed E-state index contributed by atoms with van der Waals surface area (Å²) in [6, 6.07) is 0.438. The lowest BCUT2D eigenvalue weighted by molar-refractivity contribution is 0.0775. The Kier molecular flexibility index (Phi) is 4.43. The van der Waals surface area contributed by atoms with Crippen LogP contribution >= 0.6 is 0 Å². The van der Waals surface area contributed by atoms with Gasteiger partial charge in [0, 0.05) is 6.04 Å². The molecule has 1 aliphatic rings. The molecule has 0 aliphatic heterocycles. The van der Waals surface area contributed by atoms with E-state index in [1.54, 1.807) is 0 Å². The molecular formula is C13H27N. The van der Waals surface area contributed by atoms with Gasteiger partial charge in [0.1, 0.15) is 0 Å². The molecule has 2 N–H and O–H groups in total. The Morgan fingerprint density at radius 2 is 1.71 bits per heavy atom. The minimum atomic E-state index is 0.438. The van der Waals surface area contributed by atoms with Gasteiger partial charge in [-0.1, -0.05) is 46.5 Å². The molecule has 0 aromatic heterocycles. The van der Waals surface area contributed by atoms with Crippen molar-refractivity contribution in [3.8, 4) is 0 Å². The van der Waals surface area contributed by atoms with Gasteiger partial charge in [0.25, 0.3) is 0 Å². The average molecular weight is 197 g/mol. The normalized spacial score (nSPS) is 23.8. The van der Waals surface area contributed by atoms with Gasteiger partial charge < -0.3 is 5.73 Å². The summed E-state index contributed by atoms with van der Waals surface area (Å²) in [5.41, 5.74) is 6.86. The van der Waals surface area contributed by atoms with E-state index in [1.165, 1.54) is 44.9 Å². The van der Waals surface area contributed by atoms with Gasteiger partial charge >= 0.3 is 0 Å². The lowest BCUT2D eigenvalue weighted by atomic mass is 9.62. The van der Waals surface area contributed by atoms with Crippen molar-refractivity contribution in [1.29, 1.82) is 0 Å². The van der Waals surface area contributed by atoms with Gasteiger partial charge in [0.05, 0.1) is 0 Å². The Labute approximate surface area is 89.5 Å². The molecule has 1 fully saturated rings. The van der Waals surface area contributed by atoms with Crippen LogP contribution in [0.4, 0.5) is 0 Å². The second kappa shape index (κ2) is 5.16. The highest BCUT2D eigenvalue weighted by Crippen LogP contribution is 2.45. The van der Waals surface area contributed by atoms with E-state index >= 15 is 0 Å². The highest BCUT2D eigenvalue weighted by Gasteiger charge is 2.39. The first-order chi connectivity index (χ1) is 6.63. The highest BCUT2D eigenvalue weighted by molar-refractivity contribution is 4.93. The van der Waals surface area contributed by atoms with Crippen molar-refractivity contribution < 1.29 is 0 Å². The first kappa shape index (κ1) is 12.0. The van der Waals surface area contributed by atoms with Gasteiger partial charge in [-0.3, -0.25) is 0 Å². The summed E-state index contributed by atoms with van der Waals surface area (Å²) in [4.78, 5) is 0. The molecule has 0 amide bonds. The first-order valence-corrected chi connectivity index (χ1v) is 6.39. The van der Waals surface area contributed by atoms with Crippen LogP contribution in [0.1, 0.15) is 65.7 Å². The molecule has 1 saturated carbocycles. The zero-order chi connectivity index (χ0) is 10.6. The quantitative estimate of drug-likeness (QED) is 0.730. The maximum absolute atomic E-state index is 6.39. The second-order valence-corrected chi connectivity index (χ2v) is 5.34. The molecule has 1 aliphatic carbocycles. The second-order valence-electron chi connectivity index (χ2n) is 5.34. The van der Waals surface area contributed by atoms with Crippen molar-refractivity contribution in [2.45, 2.75) is 71.8 Å². The molecule has 1 heteroatoms. The summed E-state index contributed by atoms with van der Waals surface area (Å²) >= 11 is 0. The molecule has 1 rings (SSSR count). The van der Waals surface area contributed by atoms with E-state index in [9.17, 15) is 0 Å². The number of rotatable bonds is 4. The van der Waals surface area contributed by atoms with Crippen LogP contribution in [-0.4, -0.2) is 6.04 Å². The number of hydrogen-bond acceptors (Lipinski definition) is 1. The Morgan fingerprint density at radius 1 is 1.14 bits per heavy atom. The summed E-state index contributed by atoms with van der Waals surface area (Å²) in [6.07, 6.45) is 9.39. The molecule has 1 atom stereocenters. The lowest BCUT2D eigenvalue weighted by Gasteiger charge is -2.45. The fourth-order valence-corrected chi connectivity index (χ4v) is 3.18. The Hall–Kier alpha value is -0.0400. The molecule has 14 heavy (non-hydrogen) atoms. The summed E-state index contributed by atoms with van der Waals surface area (Å²) < 4.78 is 0. The molecule has 0 bridgehead atoms. The van der Waals surface area contributed by atoms with Gasteiger partial charge in [-0.2, -0.15) is 0 Å². The monoisotopic (exact) mass is 197 g/mol. The molecular weight excluding hydrogens is 170 g/mol. The molecule has 0 radical (unpaired) electrons. The van der Waals surface area contributed by atoms with Gasteiger partial charge in [-0.25, -0.2) is 0 Å². The summed E-state index contributed by atoms with van der Waals surface area (Å²) in [5, 5.41) is 0. The predicted molar refractivity (Wildman–Crippen MR) is 63.2 cm³/mol. The van der Waals surface area contributed by atoms with E-state index < -0.39 is 0 Å². The van der Waals surface area contributed by atoms with Gasteiger partial charge in [-0.05, 0) is 30.6 Å². The Morgan fingerprint density at radius 3 is 2.14 bits per heavy atom. The van der Waals surface area contributed by atoms with Crippen molar-refractivity contribution in [1.82, 2.24) is 0 Å². The molecule has 0 aromatic carbocycles. The van der Waals surface area contributed by atoms with Crippen molar-refractivity contribution in [3.63, 3.8) is 0 Å². The van der Waals surface area contributed by atoms with Crippen LogP contribution in [0.25, 0.3) is 0 Å². The third kappa shape index (κ3) is 2.31. The zero-order valence-corrected chi connectivity index (χ0v) is 10.2. The van der Waals surface area contributed by atoms with E-state index in [2.05, 4.69) is 20.8 Å². The predicted octanol–water partition coefficient (Wildman–Crippen LogP) is 3.72. The standard InChI is InChI=1S/C13H27N/c1-4-8-12(14)13(11(2)3)9-6-5-7-10-13/h11-12H,4-10,14H2,1-3H3. The van der Waals surface area contributed by atoms with E-state index in [4.69, 9.17) is 5.73 Å². The third-order valence-corrected chi connectivity index (χ3v) is 4.27. The van der Waals surface area contributed by atoms with E-state index in [0.29, 0.717) is 11.5 Å². The van der Waals surface area contributed by atoms with E-state index in [-0.39, 0.29) is 0 Å². The van der Waals surface area contributed by atoms with Crippen LogP contribution in [0.5, 0.6) is 0 Å². The average Bonchev–Trinajstić information content (AvgIpc) is 2.19. The molecule has 0 saturated heterocycles. The minimum Gasteiger partial charge on any atom is -0.327 e. The van der Waals surface area contributed by atoms with Crippen LogP contribution in [-0.2, 0) is 0 Å². The lowest BCUT2D eigenvalue weighted by Crippen LogP contribution is -2.46. The zero-order valence-electron chi connectivity index (χ0n) is 10.2. The number of nitrogens with two attached hydrogens (primary N) is 1. The largest absolute Gasteiger partial charge is 0.327 e. The summed E-state index contributed by atoms with van der Waals surface area (Å²) in [6.45, 7) is 6.97. The molecule has 84 valence electrons. The van der Waals surface area contributed by atoms with Gasteiger partial charge in [-0.15, -0.1) is 0 Å². The molecule has 0 aromatic rings. The van der Waals surface area contributed by atoms with Gasteiger partial charge in [0.2, 0.25) is 0 Å². The van der Waals surface area contributed by atoms with Crippen LogP contribution < -0.4 is 5.73 Å². The fraction of sp³-hybridized carbons (Fsp3) is 1.00. The van der Waals surface area contributed by atoms with Crippen molar-refractivity contribution in [3.05, 3.63) is 0 Å². The topological polar surface area (TPSA) is 26.0 Å². The van der Waals surface area contributed by atoms with E-state index in [1.807, 2.05) is 0 Å². The molecule has 1 unspecified atom stereocenters. The smallest absolute Gasteiger partial charge is 0.00979 e. The van der Waals surface area contributed by atoms with Crippen molar-refractivity contribution in [2.75, 3.05) is 0 Å². The molecule has 0 spiro atoms. The van der Waals surface area contributed by atoms with Crippen LogP contribution in [0.3, 0.4) is 0 Å². The maximum Gasteiger partial charge on any atom is 0.00979 e. The van der Waals surface area contributed by atoms with Crippen LogP contribution in [0, 0.1) is 11.3 Å². The maximum atomic E-state index is 6.39. The fourth-order valence-electron chi connectivity index (χ4n) is 3.18. The summed E-state index contributed by atoms with van der Waals surface area (Å²) in [5.74, 6) is 0.754. The SMILES string of the molecule is CCCC(N)C1(C(C)C)CCCCC1. The van der Waals surface area contributed by atoms with Crippen LogP contribution in [0.15, 0.2) is 0 Å². The number of hydrogen-bond donors (Lipinski definition) is 1.